The lowest BCUT2D eigenvalue weighted by atomic mass is 10.2. The fourth-order valence-electron chi connectivity index (χ4n) is 0.284. The number of carboxylic acids is 2. The summed E-state index contributed by atoms with van der Waals surface area (Å²) in [6, 6.07) is -2.28. The van der Waals surface area contributed by atoms with E-state index >= 15 is 0 Å². The molecule has 0 aromatic heterocycles. The van der Waals surface area contributed by atoms with Crippen molar-refractivity contribution < 1.29 is 49.3 Å². The van der Waals surface area contributed by atoms with Crippen LogP contribution < -0.4 is 11.5 Å². The fraction of sp³-hybridized carbons (Fsp3) is 0.714. The fourth-order valence-corrected chi connectivity index (χ4v) is 0.284. The highest BCUT2D eigenvalue weighted by molar-refractivity contribution is 7.45. The lowest BCUT2D eigenvalue weighted by Crippen LogP contribution is -2.39. The van der Waals surface area contributed by atoms with E-state index in [0.29, 0.717) is 0 Å². The average molecular weight is 322 g/mol. The summed E-state index contributed by atoms with van der Waals surface area (Å²) in [6.07, 6.45) is -0.979. The molecule has 3 unspecified atom stereocenters. The zero-order valence-corrected chi connectivity index (χ0v) is 11.3. The lowest BCUT2D eigenvalue weighted by molar-refractivity contribution is -0.141. The van der Waals surface area contributed by atoms with Crippen molar-refractivity contribution in [3.05, 3.63) is 0 Å². The van der Waals surface area contributed by atoms with Crippen LogP contribution in [0.3, 0.4) is 0 Å². The minimum Gasteiger partial charge on any atom is -0.480 e. The SMILES string of the molecule is CC(O)C(N)C(=O)O.NC(CO)C(=O)O.O=P(O)(O)O. The van der Waals surface area contributed by atoms with Gasteiger partial charge in [0.25, 0.3) is 0 Å². The van der Waals surface area contributed by atoms with Gasteiger partial charge in [-0.25, -0.2) is 4.57 Å². The third-order valence-corrected chi connectivity index (χ3v) is 1.32. The molecule has 0 aromatic rings. The van der Waals surface area contributed by atoms with Crippen molar-refractivity contribution in [1.29, 1.82) is 0 Å². The number of carbonyl (C=O) groups is 2. The van der Waals surface area contributed by atoms with Crippen LogP contribution in [0.4, 0.5) is 0 Å². The molecule has 0 heterocycles. The Morgan fingerprint density at radius 2 is 1.40 bits per heavy atom. The van der Waals surface area contributed by atoms with Crippen LogP contribution in [0.5, 0.6) is 0 Å². The van der Waals surface area contributed by atoms with Gasteiger partial charge in [-0.05, 0) is 6.92 Å². The predicted octanol–water partition coefficient (Wildman–Crippen LogP) is -3.76. The molecule has 13 heteroatoms. The van der Waals surface area contributed by atoms with Gasteiger partial charge < -0.3 is 46.6 Å². The summed E-state index contributed by atoms with van der Waals surface area (Å²) in [4.78, 5) is 41.1. The molecular weight excluding hydrogens is 303 g/mol. The third-order valence-electron chi connectivity index (χ3n) is 1.32. The van der Waals surface area contributed by atoms with E-state index < -0.39 is 44.6 Å². The number of hydrogen-bond donors (Lipinski definition) is 9. The summed E-state index contributed by atoms with van der Waals surface area (Å²) >= 11 is 0. The number of aliphatic hydroxyl groups is 2. The minimum atomic E-state index is -4.64. The zero-order chi connectivity index (χ0) is 17.1. The standard InChI is InChI=1S/C4H9NO3.C3H7NO3.H3O4P/c1-2(6)3(5)4(7)8;4-2(1-5)3(6)7;1-5(2,3)4/h2-3,6H,5H2,1H3,(H,7,8);2,5H,1,4H2,(H,6,7);(H3,1,2,3,4). The predicted molar refractivity (Wildman–Crippen MR) is 64.3 cm³/mol. The summed E-state index contributed by atoms with van der Waals surface area (Å²) in [5, 5.41) is 32.4. The molecule has 12 nitrogen and oxygen atoms in total. The average Bonchev–Trinajstić information content (AvgIpc) is 2.24. The van der Waals surface area contributed by atoms with Crippen molar-refractivity contribution in [2.75, 3.05) is 6.61 Å². The van der Waals surface area contributed by atoms with Gasteiger partial charge in [-0.2, -0.15) is 0 Å². The van der Waals surface area contributed by atoms with Gasteiger partial charge in [-0.1, -0.05) is 0 Å². The number of hydrogen-bond acceptors (Lipinski definition) is 7. The second kappa shape index (κ2) is 11.7. The normalized spacial score (nSPS) is 14.6. The highest BCUT2D eigenvalue weighted by Gasteiger charge is 2.16. The Morgan fingerprint density at radius 1 is 1.10 bits per heavy atom. The maximum absolute atomic E-state index is 9.86. The largest absolute Gasteiger partial charge is 0.480 e. The maximum atomic E-state index is 9.86. The van der Waals surface area contributed by atoms with Crippen molar-refractivity contribution >= 4 is 19.8 Å². The van der Waals surface area contributed by atoms with Gasteiger partial charge >= 0.3 is 19.8 Å². The Balaban J connectivity index is -0.000000223. The van der Waals surface area contributed by atoms with Crippen LogP contribution in [0, 0.1) is 0 Å². The summed E-state index contributed by atoms with van der Waals surface area (Å²) < 4.78 is 8.88. The summed E-state index contributed by atoms with van der Waals surface area (Å²) in [5.41, 5.74) is 9.68. The summed E-state index contributed by atoms with van der Waals surface area (Å²) in [6.45, 7) is 0.827. The molecule has 0 aliphatic rings. The Labute approximate surface area is 113 Å². The molecule has 122 valence electrons. The molecule has 0 radical (unpaired) electrons. The Kier molecular flexibility index (Phi) is 14.0. The van der Waals surface area contributed by atoms with Crippen molar-refractivity contribution in [2.45, 2.75) is 25.1 Å². The van der Waals surface area contributed by atoms with Crippen LogP contribution in [-0.2, 0) is 14.2 Å². The molecule has 3 atom stereocenters. The van der Waals surface area contributed by atoms with E-state index in [-0.39, 0.29) is 0 Å². The Morgan fingerprint density at radius 3 is 1.40 bits per heavy atom. The van der Waals surface area contributed by atoms with E-state index in [4.69, 9.17) is 51.1 Å². The molecule has 0 rings (SSSR count). The summed E-state index contributed by atoms with van der Waals surface area (Å²) in [7, 11) is -4.64. The van der Waals surface area contributed by atoms with Gasteiger partial charge in [-0.15, -0.1) is 0 Å². The topological polar surface area (TPSA) is 245 Å². The lowest BCUT2D eigenvalue weighted by Gasteiger charge is -2.06. The minimum absolute atomic E-state index is 0.505. The third kappa shape index (κ3) is 25.7. The number of aliphatic hydroxyl groups excluding tert-OH is 2. The van der Waals surface area contributed by atoms with E-state index in [0.717, 1.165) is 0 Å². The van der Waals surface area contributed by atoms with Crippen molar-refractivity contribution in [1.82, 2.24) is 0 Å². The molecule has 0 aromatic carbocycles. The molecule has 0 aliphatic carbocycles. The Hall–Kier alpha value is -1.11. The van der Waals surface area contributed by atoms with Crippen molar-refractivity contribution in [2.24, 2.45) is 11.5 Å². The van der Waals surface area contributed by atoms with Crippen LogP contribution in [0.2, 0.25) is 0 Å². The van der Waals surface area contributed by atoms with Crippen LogP contribution in [-0.4, -0.2) is 71.8 Å². The number of carboxylic acid groups (broad SMARTS) is 2. The van der Waals surface area contributed by atoms with Crippen molar-refractivity contribution in [3.63, 3.8) is 0 Å². The Bertz CT molecular complexity index is 321. The first-order chi connectivity index (χ1) is 8.73. The van der Waals surface area contributed by atoms with Gasteiger partial charge in [0.15, 0.2) is 0 Å². The molecule has 0 saturated carbocycles. The van der Waals surface area contributed by atoms with Gasteiger partial charge in [-0.3, -0.25) is 9.59 Å². The molecule has 0 fully saturated rings. The molecular formula is C7H19N2O10P. The molecule has 20 heavy (non-hydrogen) atoms. The van der Waals surface area contributed by atoms with Gasteiger partial charge in [0.2, 0.25) is 0 Å². The molecule has 0 bridgehead atoms. The van der Waals surface area contributed by atoms with Crippen molar-refractivity contribution in [3.8, 4) is 0 Å². The molecule has 11 N–H and O–H groups in total. The second-order valence-electron chi connectivity index (χ2n) is 3.25. The van der Waals surface area contributed by atoms with Crippen LogP contribution in [0.25, 0.3) is 0 Å². The molecule has 0 aliphatic heterocycles. The number of aliphatic carboxylic acids is 2. The van der Waals surface area contributed by atoms with Crippen LogP contribution in [0.15, 0.2) is 0 Å². The molecule has 0 amide bonds. The van der Waals surface area contributed by atoms with E-state index in [1.54, 1.807) is 0 Å². The number of rotatable bonds is 4. The first-order valence-electron chi connectivity index (χ1n) is 4.78. The van der Waals surface area contributed by atoms with E-state index in [1.165, 1.54) is 6.92 Å². The van der Waals surface area contributed by atoms with E-state index in [9.17, 15) is 9.59 Å². The van der Waals surface area contributed by atoms with Crippen LogP contribution in [0.1, 0.15) is 6.92 Å². The smallest absolute Gasteiger partial charge is 0.466 e. The van der Waals surface area contributed by atoms with E-state index in [1.807, 2.05) is 0 Å². The molecule has 0 saturated heterocycles. The monoisotopic (exact) mass is 322 g/mol. The van der Waals surface area contributed by atoms with Gasteiger partial charge in [0.05, 0.1) is 12.7 Å². The van der Waals surface area contributed by atoms with Crippen LogP contribution >= 0.6 is 7.82 Å². The summed E-state index contributed by atoms with van der Waals surface area (Å²) in [5.74, 6) is -2.36. The number of nitrogens with two attached hydrogens (primary N) is 2. The zero-order valence-electron chi connectivity index (χ0n) is 10.4. The quantitative estimate of drug-likeness (QED) is 0.226. The number of phosphoric acid groups is 1. The second-order valence-corrected chi connectivity index (χ2v) is 4.27. The highest BCUT2D eigenvalue weighted by Crippen LogP contribution is 2.25. The first kappa shape index (κ1) is 23.9. The van der Waals surface area contributed by atoms with Gasteiger partial charge in [0.1, 0.15) is 12.1 Å². The van der Waals surface area contributed by atoms with E-state index in [2.05, 4.69) is 0 Å². The molecule has 0 spiro atoms. The first-order valence-corrected chi connectivity index (χ1v) is 6.34. The van der Waals surface area contributed by atoms with Gasteiger partial charge in [0, 0.05) is 0 Å². The highest BCUT2D eigenvalue weighted by atomic mass is 31.2. The maximum Gasteiger partial charge on any atom is 0.466 e.